The van der Waals surface area contributed by atoms with Crippen LogP contribution in [-0.2, 0) is 0 Å². The van der Waals surface area contributed by atoms with Gasteiger partial charge in [-0.3, -0.25) is 4.57 Å². The number of aromatic amines is 1. The first kappa shape index (κ1) is 12.0. The summed E-state index contributed by atoms with van der Waals surface area (Å²) in [5.74, 6) is 0. The van der Waals surface area contributed by atoms with E-state index in [-0.39, 0.29) is 5.69 Å². The molecule has 1 fully saturated rings. The summed E-state index contributed by atoms with van der Waals surface area (Å²) in [6, 6.07) is 6.26. The van der Waals surface area contributed by atoms with Crippen LogP contribution in [0.5, 0.6) is 0 Å². The Morgan fingerprint density at radius 1 is 1.33 bits per heavy atom. The summed E-state index contributed by atoms with van der Waals surface area (Å²) in [5, 5.41) is 0. The summed E-state index contributed by atoms with van der Waals surface area (Å²) in [6.07, 6.45) is 2.08. The maximum absolute atomic E-state index is 12.1. The van der Waals surface area contributed by atoms with Crippen LogP contribution in [0.1, 0.15) is 18.9 Å². The van der Waals surface area contributed by atoms with E-state index in [4.69, 9.17) is 0 Å². The van der Waals surface area contributed by atoms with Gasteiger partial charge in [0.15, 0.2) is 0 Å². The summed E-state index contributed by atoms with van der Waals surface area (Å²) in [4.78, 5) is 17.4. The van der Waals surface area contributed by atoms with Gasteiger partial charge in [-0.15, -0.1) is 0 Å². The third-order valence-corrected chi connectivity index (χ3v) is 4.42. The van der Waals surface area contributed by atoms with E-state index in [0.29, 0.717) is 6.04 Å². The highest BCUT2D eigenvalue weighted by atomic mass is 79.9. The number of imidazole rings is 1. The maximum Gasteiger partial charge on any atom is 0.326 e. The van der Waals surface area contributed by atoms with Crippen LogP contribution in [0, 0.1) is 0 Å². The molecule has 1 aromatic heterocycles. The normalized spacial score (nSPS) is 18.6. The second kappa shape index (κ2) is 4.55. The molecule has 0 atom stereocenters. The molecule has 4 nitrogen and oxygen atoms in total. The van der Waals surface area contributed by atoms with Crippen LogP contribution in [0.3, 0.4) is 0 Å². The quantitative estimate of drug-likeness (QED) is 0.878. The maximum atomic E-state index is 12.1. The van der Waals surface area contributed by atoms with Crippen LogP contribution in [0.2, 0.25) is 0 Å². The number of para-hydroxylation sites is 1. The highest BCUT2D eigenvalue weighted by molar-refractivity contribution is 9.10. The van der Waals surface area contributed by atoms with E-state index in [1.807, 2.05) is 22.8 Å². The first-order valence-electron chi connectivity index (χ1n) is 6.24. The van der Waals surface area contributed by atoms with Crippen molar-refractivity contribution in [2.75, 3.05) is 20.1 Å². The zero-order valence-corrected chi connectivity index (χ0v) is 11.9. The number of hydrogen-bond acceptors (Lipinski definition) is 2. The molecule has 1 saturated heterocycles. The molecule has 96 valence electrons. The van der Waals surface area contributed by atoms with Crippen LogP contribution in [0.25, 0.3) is 11.0 Å². The summed E-state index contributed by atoms with van der Waals surface area (Å²) < 4.78 is 2.87. The Bertz CT molecular complexity index is 623. The fourth-order valence-electron chi connectivity index (χ4n) is 2.73. The lowest BCUT2D eigenvalue weighted by Gasteiger charge is -2.29. The molecular weight excluding hydrogens is 294 g/mol. The SMILES string of the molecule is CN1CCC(n2c(=O)[nH]c3c(Br)cccc32)CC1. The van der Waals surface area contributed by atoms with Crippen LogP contribution < -0.4 is 5.69 Å². The third kappa shape index (κ3) is 1.91. The van der Waals surface area contributed by atoms with E-state index in [2.05, 4.69) is 32.9 Å². The van der Waals surface area contributed by atoms with Crippen molar-refractivity contribution < 1.29 is 0 Å². The molecule has 3 rings (SSSR count). The fraction of sp³-hybridized carbons (Fsp3) is 0.462. The number of fused-ring (bicyclic) bond motifs is 1. The molecule has 5 heteroatoms. The Labute approximate surface area is 114 Å². The van der Waals surface area contributed by atoms with Crippen molar-refractivity contribution in [1.82, 2.24) is 14.5 Å². The molecule has 1 aromatic carbocycles. The van der Waals surface area contributed by atoms with E-state index >= 15 is 0 Å². The molecule has 0 aliphatic carbocycles. The van der Waals surface area contributed by atoms with Gasteiger partial charge >= 0.3 is 5.69 Å². The molecule has 2 aromatic rings. The van der Waals surface area contributed by atoms with Gasteiger partial charge < -0.3 is 9.88 Å². The second-order valence-corrected chi connectivity index (χ2v) is 5.82. The number of piperidine rings is 1. The number of aromatic nitrogens is 2. The van der Waals surface area contributed by atoms with E-state index in [1.165, 1.54) is 0 Å². The monoisotopic (exact) mass is 309 g/mol. The van der Waals surface area contributed by atoms with Gasteiger partial charge in [0, 0.05) is 10.5 Å². The minimum atomic E-state index is 0.00598. The molecule has 18 heavy (non-hydrogen) atoms. The highest BCUT2D eigenvalue weighted by Gasteiger charge is 2.22. The Balaban J connectivity index is 2.09. The van der Waals surface area contributed by atoms with Crippen molar-refractivity contribution in [2.45, 2.75) is 18.9 Å². The Kier molecular flexibility index (Phi) is 3.03. The van der Waals surface area contributed by atoms with Crippen molar-refractivity contribution in [3.63, 3.8) is 0 Å². The summed E-state index contributed by atoms with van der Waals surface area (Å²) >= 11 is 3.49. The lowest BCUT2D eigenvalue weighted by atomic mass is 10.1. The molecule has 0 unspecified atom stereocenters. The average molecular weight is 310 g/mol. The van der Waals surface area contributed by atoms with Gasteiger partial charge in [0.25, 0.3) is 0 Å². The van der Waals surface area contributed by atoms with Crippen molar-refractivity contribution >= 4 is 27.0 Å². The van der Waals surface area contributed by atoms with E-state index < -0.39 is 0 Å². The van der Waals surface area contributed by atoms with E-state index in [1.54, 1.807) is 0 Å². The Morgan fingerprint density at radius 3 is 2.78 bits per heavy atom. The Morgan fingerprint density at radius 2 is 2.06 bits per heavy atom. The lowest BCUT2D eigenvalue weighted by molar-refractivity contribution is 0.221. The number of hydrogen-bond donors (Lipinski definition) is 1. The molecule has 0 radical (unpaired) electrons. The first-order valence-corrected chi connectivity index (χ1v) is 7.03. The molecule has 1 aliphatic rings. The summed E-state index contributed by atoms with van der Waals surface area (Å²) in [7, 11) is 2.13. The van der Waals surface area contributed by atoms with E-state index in [0.717, 1.165) is 41.4 Å². The average Bonchev–Trinajstić information content (AvgIpc) is 2.69. The number of halogens is 1. The van der Waals surface area contributed by atoms with Crippen LogP contribution in [-0.4, -0.2) is 34.6 Å². The van der Waals surface area contributed by atoms with Gasteiger partial charge in [-0.25, -0.2) is 4.79 Å². The highest BCUT2D eigenvalue weighted by Crippen LogP contribution is 2.27. The molecule has 0 saturated carbocycles. The Hall–Kier alpha value is -1.07. The number of H-pyrrole nitrogens is 1. The number of nitrogens with zero attached hydrogens (tertiary/aromatic N) is 2. The predicted octanol–water partition coefficient (Wildman–Crippen LogP) is 2.36. The number of rotatable bonds is 1. The van der Waals surface area contributed by atoms with Crippen LogP contribution in [0.15, 0.2) is 27.5 Å². The van der Waals surface area contributed by atoms with Gasteiger partial charge in [0.1, 0.15) is 0 Å². The number of nitrogens with one attached hydrogen (secondary N) is 1. The summed E-state index contributed by atoms with van der Waals surface area (Å²) in [6.45, 7) is 2.11. The molecule has 2 heterocycles. The smallest absolute Gasteiger partial charge is 0.306 e. The van der Waals surface area contributed by atoms with Crippen LogP contribution in [0.4, 0.5) is 0 Å². The third-order valence-electron chi connectivity index (χ3n) is 3.76. The minimum absolute atomic E-state index is 0.00598. The van der Waals surface area contributed by atoms with Crippen molar-refractivity contribution in [1.29, 1.82) is 0 Å². The van der Waals surface area contributed by atoms with Crippen molar-refractivity contribution in [3.8, 4) is 0 Å². The van der Waals surface area contributed by atoms with Gasteiger partial charge in [-0.1, -0.05) is 6.07 Å². The minimum Gasteiger partial charge on any atom is -0.306 e. The fourth-order valence-corrected chi connectivity index (χ4v) is 3.18. The van der Waals surface area contributed by atoms with Crippen molar-refractivity contribution in [2.24, 2.45) is 0 Å². The first-order chi connectivity index (χ1) is 8.66. The van der Waals surface area contributed by atoms with Gasteiger partial charge in [0.05, 0.1) is 11.0 Å². The summed E-state index contributed by atoms with van der Waals surface area (Å²) in [5.41, 5.74) is 1.91. The molecule has 0 bridgehead atoms. The van der Waals surface area contributed by atoms with Crippen molar-refractivity contribution in [3.05, 3.63) is 33.2 Å². The molecule has 1 N–H and O–H groups in total. The topological polar surface area (TPSA) is 41.0 Å². The predicted molar refractivity (Wildman–Crippen MR) is 76.0 cm³/mol. The lowest BCUT2D eigenvalue weighted by Crippen LogP contribution is -2.34. The number of likely N-dealkylation sites (tertiary alicyclic amines) is 1. The molecule has 0 amide bonds. The van der Waals surface area contributed by atoms with Gasteiger partial charge in [-0.2, -0.15) is 0 Å². The van der Waals surface area contributed by atoms with Gasteiger partial charge in [0.2, 0.25) is 0 Å². The molecule has 1 aliphatic heterocycles. The molecule has 0 spiro atoms. The van der Waals surface area contributed by atoms with Crippen LogP contribution >= 0.6 is 15.9 Å². The second-order valence-electron chi connectivity index (χ2n) is 4.97. The van der Waals surface area contributed by atoms with E-state index in [9.17, 15) is 4.79 Å². The standard InChI is InChI=1S/C13H16BrN3O/c1-16-7-5-9(6-8-16)17-11-4-2-3-10(14)12(11)15-13(17)18/h2-4,9H,5-8H2,1H3,(H,15,18). The molecular formula is C13H16BrN3O. The zero-order chi connectivity index (χ0) is 12.7. The van der Waals surface area contributed by atoms with Gasteiger partial charge in [-0.05, 0) is 61.0 Å². The zero-order valence-electron chi connectivity index (χ0n) is 10.3. The number of benzene rings is 1. The largest absolute Gasteiger partial charge is 0.326 e.